The van der Waals surface area contributed by atoms with Crippen LogP contribution in [-0.4, -0.2) is 41.5 Å². The van der Waals surface area contributed by atoms with Gasteiger partial charge in [-0.05, 0) is 50.4 Å². The van der Waals surface area contributed by atoms with Gasteiger partial charge in [0, 0.05) is 25.0 Å². The Hall–Kier alpha value is -1.42. The summed E-state index contributed by atoms with van der Waals surface area (Å²) in [6.45, 7) is 7.55. The molecule has 20 heavy (non-hydrogen) atoms. The first-order chi connectivity index (χ1) is 9.66. The van der Waals surface area contributed by atoms with Crippen LogP contribution in [0.15, 0.2) is 24.5 Å². The third kappa shape index (κ3) is 4.30. The maximum absolute atomic E-state index is 12.1. The fourth-order valence-electron chi connectivity index (χ4n) is 2.82. The molecule has 0 radical (unpaired) electrons. The first kappa shape index (κ1) is 15.0. The van der Waals surface area contributed by atoms with Crippen molar-refractivity contribution in [1.82, 2.24) is 15.2 Å². The van der Waals surface area contributed by atoms with E-state index in [0.717, 1.165) is 13.0 Å². The van der Waals surface area contributed by atoms with Crippen molar-refractivity contribution in [2.24, 2.45) is 5.92 Å². The van der Waals surface area contributed by atoms with E-state index in [1.54, 1.807) is 24.5 Å². The molecule has 1 amide bonds. The van der Waals surface area contributed by atoms with Crippen molar-refractivity contribution in [3.05, 3.63) is 30.1 Å². The number of rotatable bonds is 6. The van der Waals surface area contributed by atoms with E-state index in [4.69, 9.17) is 0 Å². The standard InChI is InChI=1S/C16H25N3O/c1-13(2)10-15(19-8-3-4-9-19)12-18-16(20)14-6-5-7-17-11-14/h5-7,11,13,15H,3-4,8-10,12H2,1-2H3,(H,18,20). The molecule has 0 aromatic carbocycles. The second kappa shape index (κ2) is 7.39. The van der Waals surface area contributed by atoms with Crippen LogP contribution >= 0.6 is 0 Å². The first-order valence-electron chi connectivity index (χ1n) is 7.59. The van der Waals surface area contributed by atoms with E-state index >= 15 is 0 Å². The van der Waals surface area contributed by atoms with Crippen LogP contribution in [0.25, 0.3) is 0 Å². The van der Waals surface area contributed by atoms with Gasteiger partial charge < -0.3 is 5.32 Å². The van der Waals surface area contributed by atoms with Gasteiger partial charge >= 0.3 is 0 Å². The molecule has 0 bridgehead atoms. The zero-order valence-corrected chi connectivity index (χ0v) is 12.5. The van der Waals surface area contributed by atoms with Crippen LogP contribution in [0.2, 0.25) is 0 Å². The quantitative estimate of drug-likeness (QED) is 0.866. The largest absolute Gasteiger partial charge is 0.350 e. The molecule has 1 aromatic heterocycles. The van der Waals surface area contributed by atoms with Crippen LogP contribution in [0.4, 0.5) is 0 Å². The first-order valence-corrected chi connectivity index (χ1v) is 7.59. The lowest BCUT2D eigenvalue weighted by Crippen LogP contribution is -2.43. The molecule has 1 unspecified atom stereocenters. The number of pyridine rings is 1. The van der Waals surface area contributed by atoms with Gasteiger partial charge in [-0.15, -0.1) is 0 Å². The van der Waals surface area contributed by atoms with Crippen molar-refractivity contribution >= 4 is 5.91 Å². The lowest BCUT2D eigenvalue weighted by atomic mass is 10.0. The molecular formula is C16H25N3O. The molecule has 1 aliphatic rings. The Morgan fingerprint density at radius 2 is 2.15 bits per heavy atom. The molecule has 0 aliphatic carbocycles. The predicted octanol–water partition coefficient (Wildman–Crippen LogP) is 2.32. The molecule has 1 atom stereocenters. The number of carbonyl (C=O) groups excluding carboxylic acids is 1. The molecule has 110 valence electrons. The highest BCUT2D eigenvalue weighted by atomic mass is 16.1. The van der Waals surface area contributed by atoms with Crippen LogP contribution in [0.5, 0.6) is 0 Å². The summed E-state index contributed by atoms with van der Waals surface area (Å²) in [6.07, 6.45) is 6.99. The minimum Gasteiger partial charge on any atom is -0.350 e. The number of nitrogens with one attached hydrogen (secondary N) is 1. The van der Waals surface area contributed by atoms with Gasteiger partial charge in [0.1, 0.15) is 0 Å². The van der Waals surface area contributed by atoms with Crippen molar-refractivity contribution < 1.29 is 4.79 Å². The maximum Gasteiger partial charge on any atom is 0.252 e. The Morgan fingerprint density at radius 3 is 2.75 bits per heavy atom. The number of aromatic nitrogens is 1. The second-order valence-electron chi connectivity index (χ2n) is 5.98. The van der Waals surface area contributed by atoms with Crippen LogP contribution in [-0.2, 0) is 0 Å². The van der Waals surface area contributed by atoms with Gasteiger partial charge in [0.15, 0.2) is 0 Å². The minimum atomic E-state index is -0.0222. The van der Waals surface area contributed by atoms with Crippen LogP contribution in [0, 0.1) is 5.92 Å². The average molecular weight is 275 g/mol. The van der Waals surface area contributed by atoms with Crippen molar-refractivity contribution in [2.45, 2.75) is 39.2 Å². The molecule has 2 heterocycles. The molecule has 1 aromatic rings. The highest BCUT2D eigenvalue weighted by Crippen LogP contribution is 2.17. The van der Waals surface area contributed by atoms with E-state index in [1.165, 1.54) is 25.9 Å². The highest BCUT2D eigenvalue weighted by molar-refractivity contribution is 5.93. The molecular weight excluding hydrogens is 250 g/mol. The molecule has 0 spiro atoms. The molecule has 1 N–H and O–H groups in total. The zero-order valence-electron chi connectivity index (χ0n) is 12.5. The number of amides is 1. The third-order valence-electron chi connectivity index (χ3n) is 3.82. The summed E-state index contributed by atoms with van der Waals surface area (Å²) < 4.78 is 0. The Labute approximate surface area is 121 Å². The van der Waals surface area contributed by atoms with Gasteiger partial charge in [0.05, 0.1) is 5.56 Å². The Balaban J connectivity index is 1.89. The van der Waals surface area contributed by atoms with Gasteiger partial charge in [-0.25, -0.2) is 0 Å². The molecule has 1 saturated heterocycles. The minimum absolute atomic E-state index is 0.0222. The van der Waals surface area contributed by atoms with Crippen LogP contribution in [0.3, 0.4) is 0 Å². The Morgan fingerprint density at radius 1 is 1.40 bits per heavy atom. The van der Waals surface area contributed by atoms with Crippen LogP contribution in [0.1, 0.15) is 43.5 Å². The summed E-state index contributed by atoms with van der Waals surface area (Å²) >= 11 is 0. The van der Waals surface area contributed by atoms with E-state index in [9.17, 15) is 4.79 Å². The predicted molar refractivity (Wildman–Crippen MR) is 80.6 cm³/mol. The van der Waals surface area contributed by atoms with E-state index in [0.29, 0.717) is 17.5 Å². The van der Waals surface area contributed by atoms with E-state index in [2.05, 4.69) is 29.0 Å². The molecule has 1 fully saturated rings. The van der Waals surface area contributed by atoms with Crippen molar-refractivity contribution in [1.29, 1.82) is 0 Å². The summed E-state index contributed by atoms with van der Waals surface area (Å²) in [5.41, 5.74) is 0.636. The smallest absolute Gasteiger partial charge is 0.252 e. The van der Waals surface area contributed by atoms with Gasteiger partial charge in [-0.3, -0.25) is 14.7 Å². The molecule has 2 rings (SSSR count). The van der Waals surface area contributed by atoms with Crippen molar-refractivity contribution in [2.75, 3.05) is 19.6 Å². The summed E-state index contributed by atoms with van der Waals surface area (Å²) in [5, 5.41) is 3.06. The summed E-state index contributed by atoms with van der Waals surface area (Å²) in [7, 11) is 0. The van der Waals surface area contributed by atoms with Gasteiger partial charge in [0.25, 0.3) is 5.91 Å². The summed E-state index contributed by atoms with van der Waals surface area (Å²) in [4.78, 5) is 18.6. The van der Waals surface area contributed by atoms with Gasteiger partial charge in [-0.1, -0.05) is 13.8 Å². The normalized spacial score (nSPS) is 17.4. The molecule has 4 nitrogen and oxygen atoms in total. The maximum atomic E-state index is 12.1. The Bertz CT molecular complexity index is 413. The Kier molecular flexibility index (Phi) is 5.53. The number of carbonyl (C=O) groups is 1. The number of hydrogen-bond donors (Lipinski definition) is 1. The number of hydrogen-bond acceptors (Lipinski definition) is 3. The average Bonchev–Trinajstić information content (AvgIpc) is 2.97. The van der Waals surface area contributed by atoms with Crippen molar-refractivity contribution in [3.8, 4) is 0 Å². The SMILES string of the molecule is CC(C)CC(CNC(=O)c1cccnc1)N1CCCC1. The molecule has 1 aliphatic heterocycles. The molecule has 4 heteroatoms. The topological polar surface area (TPSA) is 45.2 Å². The summed E-state index contributed by atoms with van der Waals surface area (Å²) in [6, 6.07) is 4.05. The van der Waals surface area contributed by atoms with Gasteiger partial charge in [0.2, 0.25) is 0 Å². The highest BCUT2D eigenvalue weighted by Gasteiger charge is 2.23. The third-order valence-corrected chi connectivity index (χ3v) is 3.82. The van der Waals surface area contributed by atoms with Crippen molar-refractivity contribution in [3.63, 3.8) is 0 Å². The van der Waals surface area contributed by atoms with E-state index < -0.39 is 0 Å². The van der Waals surface area contributed by atoms with Crippen LogP contribution < -0.4 is 5.32 Å². The zero-order chi connectivity index (χ0) is 14.4. The lowest BCUT2D eigenvalue weighted by molar-refractivity contribution is 0.0933. The second-order valence-corrected chi connectivity index (χ2v) is 5.98. The monoisotopic (exact) mass is 275 g/mol. The van der Waals surface area contributed by atoms with Gasteiger partial charge in [-0.2, -0.15) is 0 Å². The fourth-order valence-corrected chi connectivity index (χ4v) is 2.82. The lowest BCUT2D eigenvalue weighted by Gasteiger charge is -2.29. The molecule has 0 saturated carbocycles. The van der Waals surface area contributed by atoms with E-state index in [1.807, 2.05) is 0 Å². The number of likely N-dealkylation sites (tertiary alicyclic amines) is 1. The fraction of sp³-hybridized carbons (Fsp3) is 0.625. The van der Waals surface area contributed by atoms with E-state index in [-0.39, 0.29) is 5.91 Å². The summed E-state index contributed by atoms with van der Waals surface area (Å²) in [5.74, 6) is 0.627. The number of nitrogens with zero attached hydrogens (tertiary/aromatic N) is 2.